The van der Waals surface area contributed by atoms with E-state index < -0.39 is 0 Å². The van der Waals surface area contributed by atoms with Crippen LogP contribution in [0.5, 0.6) is 0 Å². The summed E-state index contributed by atoms with van der Waals surface area (Å²) in [6, 6.07) is 3.96. The molecule has 0 atom stereocenters. The fraction of sp³-hybridized carbons (Fsp3) is 0.273. The van der Waals surface area contributed by atoms with E-state index in [1.54, 1.807) is 6.20 Å². The highest BCUT2D eigenvalue weighted by atomic mass is 35.5. The first-order valence-corrected chi connectivity index (χ1v) is 5.28. The highest BCUT2D eigenvalue weighted by Gasteiger charge is 2.04. The minimum atomic E-state index is 0.502. The van der Waals surface area contributed by atoms with E-state index in [4.69, 9.17) is 11.6 Å². The van der Waals surface area contributed by atoms with Crippen LogP contribution in [0, 0.1) is 13.8 Å². The van der Waals surface area contributed by atoms with Crippen molar-refractivity contribution in [1.29, 1.82) is 0 Å². The molecule has 0 aliphatic carbocycles. The molecular weight excluding hydrogens is 210 g/mol. The minimum absolute atomic E-state index is 0.502. The second kappa shape index (κ2) is 4.03. The van der Waals surface area contributed by atoms with E-state index in [0.717, 1.165) is 22.9 Å². The smallest absolute Gasteiger partial charge is 0.138 e. The number of pyridine rings is 1. The summed E-state index contributed by atoms with van der Waals surface area (Å²) in [5.74, 6) is 2.32. The molecule has 2 rings (SSSR count). The number of aromatic nitrogens is 3. The second-order valence-corrected chi connectivity index (χ2v) is 3.66. The van der Waals surface area contributed by atoms with Crippen LogP contribution in [0.15, 0.2) is 24.5 Å². The van der Waals surface area contributed by atoms with Gasteiger partial charge in [-0.2, -0.15) is 0 Å². The van der Waals surface area contributed by atoms with E-state index >= 15 is 0 Å². The normalized spacial score (nSPS) is 10.6. The Morgan fingerprint density at radius 3 is 2.67 bits per heavy atom. The molecule has 2 aromatic rings. The standard InChI is InChI=1S/C11H12ClN3/c1-8-10(7-12)3-4-11(14-8)15-6-5-13-9(15)2/h3-6H,7H2,1-2H3. The maximum Gasteiger partial charge on any atom is 0.138 e. The first-order valence-electron chi connectivity index (χ1n) is 4.75. The molecule has 2 aromatic heterocycles. The average Bonchev–Trinajstić information content (AvgIpc) is 2.64. The number of imidazole rings is 1. The molecule has 0 saturated carbocycles. The van der Waals surface area contributed by atoms with Gasteiger partial charge in [0.05, 0.1) is 0 Å². The van der Waals surface area contributed by atoms with Gasteiger partial charge in [-0.05, 0) is 25.5 Å². The molecule has 0 spiro atoms. The van der Waals surface area contributed by atoms with Crippen molar-refractivity contribution < 1.29 is 0 Å². The first-order chi connectivity index (χ1) is 7.22. The molecule has 78 valence electrons. The lowest BCUT2D eigenvalue weighted by molar-refractivity contribution is 0.916. The quantitative estimate of drug-likeness (QED) is 0.730. The molecular formula is C11H12ClN3. The van der Waals surface area contributed by atoms with Gasteiger partial charge in [-0.1, -0.05) is 6.07 Å². The highest BCUT2D eigenvalue weighted by Crippen LogP contribution is 2.13. The number of hydrogen-bond donors (Lipinski definition) is 0. The van der Waals surface area contributed by atoms with Crippen molar-refractivity contribution in [2.24, 2.45) is 0 Å². The molecule has 0 aliphatic rings. The van der Waals surface area contributed by atoms with Gasteiger partial charge in [0, 0.05) is 24.0 Å². The molecule has 0 N–H and O–H groups in total. The Hall–Kier alpha value is -1.35. The highest BCUT2D eigenvalue weighted by molar-refractivity contribution is 6.17. The third-order valence-corrected chi connectivity index (χ3v) is 2.69. The lowest BCUT2D eigenvalue weighted by Gasteiger charge is -2.07. The molecule has 2 heterocycles. The van der Waals surface area contributed by atoms with Crippen molar-refractivity contribution in [3.8, 4) is 5.82 Å². The summed E-state index contributed by atoms with van der Waals surface area (Å²) in [6.45, 7) is 3.92. The van der Waals surface area contributed by atoms with Crippen LogP contribution in [0.4, 0.5) is 0 Å². The third-order valence-electron chi connectivity index (χ3n) is 2.40. The van der Waals surface area contributed by atoms with E-state index in [1.807, 2.05) is 36.7 Å². The lowest BCUT2D eigenvalue weighted by atomic mass is 10.2. The van der Waals surface area contributed by atoms with Crippen LogP contribution in [0.3, 0.4) is 0 Å². The van der Waals surface area contributed by atoms with Gasteiger partial charge < -0.3 is 0 Å². The van der Waals surface area contributed by atoms with Crippen LogP contribution in [0.25, 0.3) is 5.82 Å². The maximum atomic E-state index is 5.78. The fourth-order valence-electron chi connectivity index (χ4n) is 1.47. The monoisotopic (exact) mass is 221 g/mol. The SMILES string of the molecule is Cc1nc(-n2ccnc2C)ccc1CCl. The number of nitrogens with zero attached hydrogens (tertiary/aromatic N) is 3. The molecule has 15 heavy (non-hydrogen) atoms. The van der Waals surface area contributed by atoms with Crippen LogP contribution < -0.4 is 0 Å². The van der Waals surface area contributed by atoms with Crippen molar-refractivity contribution in [1.82, 2.24) is 14.5 Å². The summed E-state index contributed by atoms with van der Waals surface area (Å²) >= 11 is 5.78. The number of halogens is 1. The average molecular weight is 222 g/mol. The van der Waals surface area contributed by atoms with Crippen molar-refractivity contribution in [3.05, 3.63) is 41.6 Å². The zero-order valence-corrected chi connectivity index (χ0v) is 9.49. The summed E-state index contributed by atoms with van der Waals surface area (Å²) in [5.41, 5.74) is 2.04. The first kappa shape index (κ1) is 10.2. The van der Waals surface area contributed by atoms with Gasteiger partial charge in [-0.3, -0.25) is 4.57 Å². The lowest BCUT2D eigenvalue weighted by Crippen LogP contribution is -2.01. The number of aryl methyl sites for hydroxylation is 2. The minimum Gasteiger partial charge on any atom is -0.288 e. The van der Waals surface area contributed by atoms with E-state index in [9.17, 15) is 0 Å². The van der Waals surface area contributed by atoms with E-state index in [2.05, 4.69) is 9.97 Å². The van der Waals surface area contributed by atoms with Crippen LogP contribution in [-0.2, 0) is 5.88 Å². The van der Waals surface area contributed by atoms with Gasteiger partial charge in [0.15, 0.2) is 0 Å². The Morgan fingerprint density at radius 2 is 2.13 bits per heavy atom. The van der Waals surface area contributed by atoms with Gasteiger partial charge in [0.1, 0.15) is 11.6 Å². The van der Waals surface area contributed by atoms with Gasteiger partial charge in [-0.25, -0.2) is 9.97 Å². The van der Waals surface area contributed by atoms with Gasteiger partial charge >= 0.3 is 0 Å². The fourth-order valence-corrected chi connectivity index (χ4v) is 1.75. The molecule has 0 aromatic carbocycles. The molecule has 0 aliphatic heterocycles. The largest absolute Gasteiger partial charge is 0.288 e. The molecule has 0 fully saturated rings. The topological polar surface area (TPSA) is 30.7 Å². The van der Waals surface area contributed by atoms with Crippen LogP contribution in [0.1, 0.15) is 17.1 Å². The zero-order chi connectivity index (χ0) is 10.8. The molecule has 0 amide bonds. The molecule has 3 nitrogen and oxygen atoms in total. The predicted molar refractivity (Wildman–Crippen MR) is 60.4 cm³/mol. The van der Waals surface area contributed by atoms with Crippen molar-refractivity contribution in [3.63, 3.8) is 0 Å². The molecule has 0 saturated heterocycles. The second-order valence-electron chi connectivity index (χ2n) is 3.39. The van der Waals surface area contributed by atoms with Crippen LogP contribution in [-0.4, -0.2) is 14.5 Å². The molecule has 0 unspecified atom stereocenters. The van der Waals surface area contributed by atoms with Crippen molar-refractivity contribution in [2.75, 3.05) is 0 Å². The Labute approximate surface area is 93.7 Å². The van der Waals surface area contributed by atoms with Gasteiger partial charge in [0.25, 0.3) is 0 Å². The Balaban J connectivity index is 2.47. The summed E-state index contributed by atoms with van der Waals surface area (Å²) in [7, 11) is 0. The van der Waals surface area contributed by atoms with Crippen LogP contribution >= 0.6 is 11.6 Å². The van der Waals surface area contributed by atoms with Crippen LogP contribution in [0.2, 0.25) is 0 Å². The van der Waals surface area contributed by atoms with E-state index in [0.29, 0.717) is 5.88 Å². The van der Waals surface area contributed by atoms with Gasteiger partial charge in [0.2, 0.25) is 0 Å². The van der Waals surface area contributed by atoms with E-state index in [1.165, 1.54) is 0 Å². The summed E-state index contributed by atoms with van der Waals surface area (Å²) in [6.07, 6.45) is 3.67. The van der Waals surface area contributed by atoms with E-state index in [-0.39, 0.29) is 0 Å². The number of hydrogen-bond acceptors (Lipinski definition) is 2. The maximum absolute atomic E-state index is 5.78. The summed E-state index contributed by atoms with van der Waals surface area (Å²) in [5, 5.41) is 0. The van der Waals surface area contributed by atoms with Crippen molar-refractivity contribution in [2.45, 2.75) is 19.7 Å². The number of rotatable bonds is 2. The number of alkyl halides is 1. The third kappa shape index (κ3) is 1.88. The molecule has 4 heteroatoms. The molecule has 0 radical (unpaired) electrons. The van der Waals surface area contributed by atoms with Crippen molar-refractivity contribution >= 4 is 11.6 Å². The summed E-state index contributed by atoms with van der Waals surface area (Å²) in [4.78, 5) is 8.65. The van der Waals surface area contributed by atoms with Gasteiger partial charge in [-0.15, -0.1) is 11.6 Å². The Kier molecular flexibility index (Phi) is 2.73. The molecule has 0 bridgehead atoms. The Morgan fingerprint density at radius 1 is 1.33 bits per heavy atom. The Bertz CT molecular complexity index is 476. The summed E-state index contributed by atoms with van der Waals surface area (Å²) < 4.78 is 1.95. The zero-order valence-electron chi connectivity index (χ0n) is 8.74. The predicted octanol–water partition coefficient (Wildman–Crippen LogP) is 2.62.